The molecule has 176 valence electrons. The van der Waals surface area contributed by atoms with Crippen molar-refractivity contribution in [3.05, 3.63) is 95.6 Å². The molecule has 0 fully saturated rings. The molecule has 1 aliphatic heterocycles. The summed E-state index contributed by atoms with van der Waals surface area (Å²) in [5, 5.41) is 2.62. The Morgan fingerprint density at radius 2 is 1.62 bits per heavy atom. The Labute approximate surface area is 199 Å². The second-order valence-corrected chi connectivity index (χ2v) is 9.96. The van der Waals surface area contributed by atoms with Gasteiger partial charge in [0.2, 0.25) is 5.91 Å². The van der Waals surface area contributed by atoms with Crippen molar-refractivity contribution in [2.45, 2.75) is 37.1 Å². The van der Waals surface area contributed by atoms with E-state index in [1.807, 2.05) is 54.6 Å². The van der Waals surface area contributed by atoms with Crippen molar-refractivity contribution in [3.8, 4) is 0 Å². The molecule has 7 nitrogen and oxygen atoms in total. The summed E-state index contributed by atoms with van der Waals surface area (Å²) in [6.07, 6.45) is 1.93. The summed E-state index contributed by atoms with van der Waals surface area (Å²) < 4.78 is 27.6. The van der Waals surface area contributed by atoms with Gasteiger partial charge < -0.3 is 10.2 Å². The Hall–Kier alpha value is -3.65. The summed E-state index contributed by atoms with van der Waals surface area (Å²) >= 11 is 0. The van der Waals surface area contributed by atoms with Gasteiger partial charge in [0.05, 0.1) is 4.90 Å². The van der Waals surface area contributed by atoms with Crippen molar-refractivity contribution >= 4 is 27.6 Å². The molecule has 2 N–H and O–H groups in total. The van der Waals surface area contributed by atoms with Crippen LogP contribution in [0.2, 0.25) is 0 Å². The normalized spacial score (nSPS) is 14.1. The van der Waals surface area contributed by atoms with Crippen LogP contribution in [0.3, 0.4) is 0 Å². The van der Waals surface area contributed by atoms with E-state index in [2.05, 4.69) is 10.0 Å². The number of carbonyl (C=O) groups excluding carboxylic acids is 2. The Balaban J connectivity index is 1.57. The molecule has 0 saturated carbocycles. The minimum absolute atomic E-state index is 0.0149. The summed E-state index contributed by atoms with van der Waals surface area (Å²) in [6, 6.07) is 21.6. The zero-order valence-corrected chi connectivity index (χ0v) is 19.7. The van der Waals surface area contributed by atoms with Gasteiger partial charge in [0, 0.05) is 18.7 Å². The Morgan fingerprint density at radius 3 is 2.38 bits per heavy atom. The molecular weight excluding hydrogens is 450 g/mol. The van der Waals surface area contributed by atoms with E-state index in [1.165, 1.54) is 6.07 Å². The molecule has 8 heteroatoms. The molecule has 34 heavy (non-hydrogen) atoms. The molecule has 1 heterocycles. The van der Waals surface area contributed by atoms with Gasteiger partial charge in [-0.2, -0.15) is 0 Å². The van der Waals surface area contributed by atoms with Gasteiger partial charge in [-0.3, -0.25) is 4.79 Å². The number of fused-ring (bicyclic) bond motifs is 1. The highest BCUT2D eigenvalue weighted by molar-refractivity contribution is 7.90. The van der Waals surface area contributed by atoms with Gasteiger partial charge in [0.1, 0.15) is 6.04 Å². The van der Waals surface area contributed by atoms with Crippen molar-refractivity contribution in [2.24, 2.45) is 0 Å². The summed E-state index contributed by atoms with van der Waals surface area (Å²) in [4.78, 5) is 28.1. The Morgan fingerprint density at radius 1 is 0.941 bits per heavy atom. The number of rotatable bonds is 6. The lowest BCUT2D eigenvalue weighted by atomic mass is 9.99. The number of sulfonamides is 1. The van der Waals surface area contributed by atoms with Crippen LogP contribution in [0.25, 0.3) is 0 Å². The number of anilines is 1. The lowest BCUT2D eigenvalue weighted by molar-refractivity contribution is -0.120. The summed E-state index contributed by atoms with van der Waals surface area (Å²) in [5.74, 6) is -0.278. The predicted molar refractivity (Wildman–Crippen MR) is 131 cm³/mol. The molecule has 0 saturated heterocycles. The van der Waals surface area contributed by atoms with Crippen LogP contribution >= 0.6 is 0 Å². The van der Waals surface area contributed by atoms with Crippen LogP contribution in [0.1, 0.15) is 23.1 Å². The first-order chi connectivity index (χ1) is 16.3. The molecule has 1 aliphatic rings. The van der Waals surface area contributed by atoms with E-state index >= 15 is 0 Å². The van der Waals surface area contributed by atoms with E-state index in [0.29, 0.717) is 12.1 Å². The van der Waals surface area contributed by atoms with Crippen LogP contribution in [0.15, 0.2) is 83.8 Å². The summed E-state index contributed by atoms with van der Waals surface area (Å²) in [7, 11) is -4.09. The van der Waals surface area contributed by atoms with Crippen LogP contribution in [0.4, 0.5) is 10.5 Å². The number of nitrogens with one attached hydrogen (secondary N) is 2. The maximum atomic E-state index is 13.6. The minimum Gasteiger partial charge on any atom is -0.325 e. The molecule has 3 aromatic carbocycles. The monoisotopic (exact) mass is 477 g/mol. The van der Waals surface area contributed by atoms with Crippen LogP contribution < -0.4 is 14.9 Å². The smallest absolute Gasteiger partial charge is 0.325 e. The van der Waals surface area contributed by atoms with Crippen LogP contribution in [-0.4, -0.2) is 32.9 Å². The van der Waals surface area contributed by atoms with Crippen molar-refractivity contribution in [2.75, 3.05) is 11.4 Å². The molecule has 1 unspecified atom stereocenters. The van der Waals surface area contributed by atoms with Gasteiger partial charge in [-0.1, -0.05) is 66.7 Å². The molecule has 3 amide bonds. The molecule has 3 aromatic rings. The zero-order chi connectivity index (χ0) is 24.1. The third-order valence-electron chi connectivity index (χ3n) is 5.87. The van der Waals surface area contributed by atoms with Crippen molar-refractivity contribution in [3.63, 3.8) is 0 Å². The average molecular weight is 478 g/mol. The van der Waals surface area contributed by atoms with Crippen LogP contribution in [0.5, 0.6) is 0 Å². The molecule has 0 aromatic heterocycles. The SMILES string of the molecule is Cc1ccccc1S(=O)(=O)NC(=O)NC(Cc1ccccc1)C(=O)N1CCCc2ccccc21. The highest BCUT2D eigenvalue weighted by Gasteiger charge is 2.31. The molecule has 4 rings (SSSR count). The molecule has 0 spiro atoms. The molecule has 0 bridgehead atoms. The van der Waals surface area contributed by atoms with Crippen LogP contribution in [-0.2, 0) is 27.7 Å². The van der Waals surface area contributed by atoms with Gasteiger partial charge in [-0.25, -0.2) is 17.9 Å². The third-order valence-corrected chi connectivity index (χ3v) is 7.36. The van der Waals surface area contributed by atoms with E-state index < -0.39 is 22.1 Å². The quantitative estimate of drug-likeness (QED) is 0.567. The minimum atomic E-state index is -4.09. The maximum absolute atomic E-state index is 13.6. The van der Waals surface area contributed by atoms with Crippen LogP contribution in [0, 0.1) is 6.92 Å². The van der Waals surface area contributed by atoms with E-state index in [4.69, 9.17) is 0 Å². The molecule has 0 aliphatic carbocycles. The third kappa shape index (κ3) is 5.28. The van der Waals surface area contributed by atoms with Crippen molar-refractivity contribution < 1.29 is 18.0 Å². The first-order valence-corrected chi connectivity index (χ1v) is 12.7. The average Bonchev–Trinajstić information content (AvgIpc) is 2.83. The highest BCUT2D eigenvalue weighted by atomic mass is 32.2. The van der Waals surface area contributed by atoms with E-state index in [0.717, 1.165) is 29.7 Å². The van der Waals surface area contributed by atoms with E-state index in [9.17, 15) is 18.0 Å². The summed E-state index contributed by atoms with van der Waals surface area (Å²) in [6.45, 7) is 2.19. The second kappa shape index (κ2) is 10.1. The van der Waals surface area contributed by atoms with E-state index in [1.54, 1.807) is 30.0 Å². The second-order valence-electron chi connectivity index (χ2n) is 8.31. The standard InChI is InChI=1S/C26H27N3O4S/c1-19-10-5-8-16-24(19)34(32,33)28-26(31)27-22(18-20-11-3-2-4-12-20)25(30)29-17-9-14-21-13-6-7-15-23(21)29/h2-8,10-13,15-16,22H,9,14,17-18H2,1H3,(H2,27,28,31). The largest absolute Gasteiger partial charge is 0.329 e. The fourth-order valence-electron chi connectivity index (χ4n) is 4.22. The maximum Gasteiger partial charge on any atom is 0.329 e. The van der Waals surface area contributed by atoms with Gasteiger partial charge in [-0.05, 0) is 48.6 Å². The number of urea groups is 1. The molecule has 0 radical (unpaired) electrons. The fourth-order valence-corrected chi connectivity index (χ4v) is 5.39. The number of para-hydroxylation sites is 1. The number of nitrogens with zero attached hydrogens (tertiary/aromatic N) is 1. The first kappa shape index (κ1) is 23.5. The van der Waals surface area contributed by atoms with Gasteiger partial charge in [0.15, 0.2) is 0 Å². The van der Waals surface area contributed by atoms with E-state index in [-0.39, 0.29) is 17.2 Å². The first-order valence-electron chi connectivity index (χ1n) is 11.2. The number of hydrogen-bond donors (Lipinski definition) is 2. The Kier molecular flexibility index (Phi) is 6.98. The number of carbonyl (C=O) groups is 2. The number of amides is 3. The highest BCUT2D eigenvalue weighted by Crippen LogP contribution is 2.27. The summed E-state index contributed by atoms with van der Waals surface area (Å²) in [5.41, 5.74) is 3.27. The zero-order valence-electron chi connectivity index (χ0n) is 18.9. The lowest BCUT2D eigenvalue weighted by Crippen LogP contribution is -2.54. The lowest BCUT2D eigenvalue weighted by Gasteiger charge is -2.32. The molecule has 1 atom stereocenters. The number of hydrogen-bond acceptors (Lipinski definition) is 4. The number of benzene rings is 3. The topological polar surface area (TPSA) is 95.6 Å². The predicted octanol–water partition coefficient (Wildman–Crippen LogP) is 3.57. The Bertz CT molecular complexity index is 1290. The van der Waals surface area contributed by atoms with Gasteiger partial charge >= 0.3 is 6.03 Å². The van der Waals surface area contributed by atoms with Crippen molar-refractivity contribution in [1.82, 2.24) is 10.0 Å². The number of aryl methyl sites for hydroxylation is 2. The van der Waals surface area contributed by atoms with Gasteiger partial charge in [0.25, 0.3) is 10.0 Å². The molecular formula is C26H27N3O4S. The van der Waals surface area contributed by atoms with Crippen molar-refractivity contribution in [1.29, 1.82) is 0 Å². The fraction of sp³-hybridized carbons (Fsp3) is 0.231. The van der Waals surface area contributed by atoms with Gasteiger partial charge in [-0.15, -0.1) is 0 Å².